The lowest BCUT2D eigenvalue weighted by atomic mass is 9.74. The molecule has 110 valence electrons. The number of aliphatic carboxylic acids is 1. The fraction of sp³-hybridized carbons (Fsp3) is 0.600. The second kappa shape index (κ2) is 5.31. The maximum absolute atomic E-state index is 12.4. The fourth-order valence-corrected chi connectivity index (χ4v) is 3.06. The van der Waals surface area contributed by atoms with Crippen LogP contribution in [-0.2, 0) is 11.3 Å². The summed E-state index contributed by atoms with van der Waals surface area (Å²) in [4.78, 5) is 23.4. The van der Waals surface area contributed by atoms with Crippen molar-refractivity contribution < 1.29 is 14.7 Å². The van der Waals surface area contributed by atoms with Crippen LogP contribution in [0.5, 0.6) is 0 Å². The molecule has 2 rings (SSSR count). The van der Waals surface area contributed by atoms with Gasteiger partial charge in [0.15, 0.2) is 0 Å². The summed E-state index contributed by atoms with van der Waals surface area (Å²) in [5.74, 6) is -1.01. The van der Waals surface area contributed by atoms with Crippen molar-refractivity contribution in [1.82, 2.24) is 9.88 Å². The molecule has 2 N–H and O–H groups in total. The van der Waals surface area contributed by atoms with E-state index in [1.54, 1.807) is 0 Å². The van der Waals surface area contributed by atoms with Crippen molar-refractivity contribution in [3.05, 3.63) is 23.0 Å². The van der Waals surface area contributed by atoms with Gasteiger partial charge in [0.25, 0.3) is 5.91 Å². The molecule has 0 aliphatic heterocycles. The molecule has 1 aromatic heterocycles. The Morgan fingerprint density at radius 1 is 1.40 bits per heavy atom. The molecule has 1 aliphatic rings. The van der Waals surface area contributed by atoms with E-state index in [1.807, 2.05) is 26.8 Å². The average Bonchev–Trinajstić information content (AvgIpc) is 2.61. The highest BCUT2D eigenvalue weighted by molar-refractivity contribution is 5.96. The van der Waals surface area contributed by atoms with Crippen molar-refractivity contribution in [2.24, 2.45) is 0 Å². The molecular formula is C15H22N2O3. The Morgan fingerprint density at radius 2 is 2.05 bits per heavy atom. The Hall–Kier alpha value is -1.78. The highest BCUT2D eigenvalue weighted by Crippen LogP contribution is 2.35. The monoisotopic (exact) mass is 278 g/mol. The fourth-order valence-electron chi connectivity index (χ4n) is 3.06. The summed E-state index contributed by atoms with van der Waals surface area (Å²) in [6.07, 6.45) is 2.47. The summed E-state index contributed by atoms with van der Waals surface area (Å²) < 4.78 is 2.08. The Kier molecular flexibility index (Phi) is 3.88. The van der Waals surface area contributed by atoms with E-state index in [1.165, 1.54) is 0 Å². The standard InChI is InChI=1S/C15H22N2O3/c1-4-17-10(2)8-12(11(17)3)14(20)16-15(6-5-7-15)9-13(18)19/h8H,4-7,9H2,1-3H3,(H,16,20)(H,18,19). The van der Waals surface area contributed by atoms with Gasteiger partial charge < -0.3 is 15.0 Å². The maximum atomic E-state index is 12.4. The van der Waals surface area contributed by atoms with Gasteiger partial charge in [0.1, 0.15) is 0 Å². The predicted octanol–water partition coefficient (Wildman–Crippen LogP) is 2.25. The molecule has 1 amide bonds. The van der Waals surface area contributed by atoms with Crippen LogP contribution in [0.2, 0.25) is 0 Å². The van der Waals surface area contributed by atoms with Gasteiger partial charge in [-0.25, -0.2) is 0 Å². The Balaban J connectivity index is 2.18. The van der Waals surface area contributed by atoms with E-state index >= 15 is 0 Å². The number of rotatable bonds is 5. The molecule has 1 saturated carbocycles. The van der Waals surface area contributed by atoms with E-state index in [0.717, 1.165) is 37.2 Å². The molecule has 1 heterocycles. The van der Waals surface area contributed by atoms with Crippen LogP contribution in [0.1, 0.15) is 54.4 Å². The molecular weight excluding hydrogens is 256 g/mol. The zero-order valence-corrected chi connectivity index (χ0v) is 12.3. The lowest BCUT2D eigenvalue weighted by Crippen LogP contribution is -2.54. The third-order valence-corrected chi connectivity index (χ3v) is 4.31. The van der Waals surface area contributed by atoms with Crippen molar-refractivity contribution >= 4 is 11.9 Å². The summed E-state index contributed by atoms with van der Waals surface area (Å²) in [6, 6.07) is 1.88. The third-order valence-electron chi connectivity index (χ3n) is 4.31. The number of carbonyl (C=O) groups excluding carboxylic acids is 1. The first kappa shape index (κ1) is 14.6. The highest BCUT2D eigenvalue weighted by Gasteiger charge is 2.40. The summed E-state index contributed by atoms with van der Waals surface area (Å²) in [5, 5.41) is 11.9. The lowest BCUT2D eigenvalue weighted by molar-refractivity contribution is -0.139. The van der Waals surface area contributed by atoms with Crippen LogP contribution in [0, 0.1) is 13.8 Å². The second-order valence-electron chi connectivity index (χ2n) is 5.69. The molecule has 0 unspecified atom stereocenters. The molecule has 0 aromatic carbocycles. The first-order valence-electron chi connectivity index (χ1n) is 7.09. The summed E-state index contributed by atoms with van der Waals surface area (Å²) in [7, 11) is 0. The van der Waals surface area contributed by atoms with E-state index in [9.17, 15) is 9.59 Å². The van der Waals surface area contributed by atoms with Crippen LogP contribution in [-0.4, -0.2) is 27.1 Å². The smallest absolute Gasteiger partial charge is 0.305 e. The van der Waals surface area contributed by atoms with Crippen LogP contribution >= 0.6 is 0 Å². The van der Waals surface area contributed by atoms with E-state index in [0.29, 0.717) is 5.56 Å². The maximum Gasteiger partial charge on any atom is 0.305 e. The number of carbonyl (C=O) groups is 2. The van der Waals surface area contributed by atoms with E-state index in [4.69, 9.17) is 5.11 Å². The number of aromatic nitrogens is 1. The molecule has 1 aromatic rings. The summed E-state index contributed by atoms with van der Waals surface area (Å²) >= 11 is 0. The quantitative estimate of drug-likeness (QED) is 0.867. The molecule has 5 nitrogen and oxygen atoms in total. The van der Waals surface area contributed by atoms with Gasteiger partial charge in [-0.15, -0.1) is 0 Å². The van der Waals surface area contributed by atoms with Gasteiger partial charge in [-0.1, -0.05) is 0 Å². The van der Waals surface area contributed by atoms with E-state index in [-0.39, 0.29) is 12.3 Å². The lowest BCUT2D eigenvalue weighted by Gasteiger charge is -2.41. The van der Waals surface area contributed by atoms with Gasteiger partial charge in [-0.2, -0.15) is 0 Å². The van der Waals surface area contributed by atoms with Crippen LogP contribution in [0.4, 0.5) is 0 Å². The predicted molar refractivity (Wildman–Crippen MR) is 75.9 cm³/mol. The molecule has 0 spiro atoms. The molecule has 0 bridgehead atoms. The van der Waals surface area contributed by atoms with Gasteiger partial charge in [0.2, 0.25) is 0 Å². The third kappa shape index (κ3) is 2.57. The van der Waals surface area contributed by atoms with Crippen molar-refractivity contribution in [1.29, 1.82) is 0 Å². The molecule has 0 atom stereocenters. The number of carboxylic acids is 1. The van der Waals surface area contributed by atoms with Crippen LogP contribution < -0.4 is 5.32 Å². The average molecular weight is 278 g/mol. The van der Waals surface area contributed by atoms with Crippen LogP contribution in [0.15, 0.2) is 6.07 Å². The van der Waals surface area contributed by atoms with Crippen molar-refractivity contribution in [3.63, 3.8) is 0 Å². The van der Waals surface area contributed by atoms with Crippen LogP contribution in [0.3, 0.4) is 0 Å². The van der Waals surface area contributed by atoms with E-state index < -0.39 is 11.5 Å². The molecule has 0 radical (unpaired) electrons. The van der Waals surface area contributed by atoms with E-state index in [2.05, 4.69) is 9.88 Å². The summed E-state index contributed by atoms with van der Waals surface area (Å²) in [6.45, 7) is 6.77. The number of hydrogen-bond donors (Lipinski definition) is 2. The van der Waals surface area contributed by atoms with Crippen molar-refractivity contribution in [2.45, 2.75) is 58.5 Å². The highest BCUT2D eigenvalue weighted by atomic mass is 16.4. The first-order chi connectivity index (χ1) is 9.38. The minimum Gasteiger partial charge on any atom is -0.481 e. The Bertz CT molecular complexity index is 542. The van der Waals surface area contributed by atoms with Gasteiger partial charge in [-0.3, -0.25) is 9.59 Å². The zero-order chi connectivity index (χ0) is 14.9. The van der Waals surface area contributed by atoms with Gasteiger partial charge in [0, 0.05) is 17.9 Å². The number of nitrogens with zero attached hydrogens (tertiary/aromatic N) is 1. The topological polar surface area (TPSA) is 71.3 Å². The van der Waals surface area contributed by atoms with Crippen molar-refractivity contribution in [3.8, 4) is 0 Å². The second-order valence-corrected chi connectivity index (χ2v) is 5.69. The largest absolute Gasteiger partial charge is 0.481 e. The van der Waals surface area contributed by atoms with Crippen molar-refractivity contribution in [2.75, 3.05) is 0 Å². The Labute approximate surface area is 119 Å². The molecule has 1 aliphatic carbocycles. The number of carboxylic acid groups (broad SMARTS) is 1. The van der Waals surface area contributed by atoms with Gasteiger partial charge in [0.05, 0.1) is 17.5 Å². The van der Waals surface area contributed by atoms with Gasteiger partial charge in [-0.05, 0) is 46.1 Å². The first-order valence-corrected chi connectivity index (χ1v) is 7.09. The zero-order valence-electron chi connectivity index (χ0n) is 12.3. The molecule has 1 fully saturated rings. The minimum atomic E-state index is -0.857. The molecule has 5 heteroatoms. The van der Waals surface area contributed by atoms with Gasteiger partial charge >= 0.3 is 5.97 Å². The van der Waals surface area contributed by atoms with Crippen LogP contribution in [0.25, 0.3) is 0 Å². The Morgan fingerprint density at radius 3 is 2.45 bits per heavy atom. The normalized spacial score (nSPS) is 16.6. The molecule has 0 saturated heterocycles. The number of aryl methyl sites for hydroxylation is 1. The number of amides is 1. The minimum absolute atomic E-state index is 0.00521. The SMILES string of the molecule is CCn1c(C)cc(C(=O)NC2(CC(=O)O)CCC2)c1C. The number of nitrogens with one attached hydrogen (secondary N) is 1. The number of hydrogen-bond acceptors (Lipinski definition) is 2. The summed E-state index contributed by atoms with van der Waals surface area (Å²) in [5.41, 5.74) is 2.10. The molecule has 20 heavy (non-hydrogen) atoms.